The summed E-state index contributed by atoms with van der Waals surface area (Å²) in [7, 11) is 0. The highest BCUT2D eigenvalue weighted by atomic mass is 79.9. The van der Waals surface area contributed by atoms with Crippen molar-refractivity contribution in [1.82, 2.24) is 0 Å². The second-order valence-electron chi connectivity index (χ2n) is 4.02. The van der Waals surface area contributed by atoms with E-state index >= 15 is 0 Å². The number of halogens is 2. The Hall–Kier alpha value is 0.440. The number of alkyl halides is 1. The van der Waals surface area contributed by atoms with Crippen molar-refractivity contribution in [2.75, 3.05) is 0 Å². The molecule has 0 aromatic carbocycles. The topological polar surface area (TPSA) is 0 Å². The first kappa shape index (κ1) is 10.5. The first-order valence-electron chi connectivity index (χ1n) is 4.05. The van der Waals surface area contributed by atoms with E-state index in [9.17, 15) is 0 Å². The molecule has 1 aliphatic carbocycles. The van der Waals surface area contributed by atoms with Crippen molar-refractivity contribution in [1.29, 1.82) is 0 Å². The van der Waals surface area contributed by atoms with E-state index in [0.29, 0.717) is 4.83 Å². The van der Waals surface area contributed by atoms with Crippen LogP contribution in [0.15, 0.2) is 21.7 Å². The fraction of sp³-hybridized carbons (Fsp3) is 0.600. The quantitative estimate of drug-likeness (QED) is 0.581. The minimum atomic E-state index is 0.274. The van der Waals surface area contributed by atoms with Crippen molar-refractivity contribution in [3.8, 4) is 0 Å². The molecule has 1 atom stereocenters. The van der Waals surface area contributed by atoms with E-state index in [0.717, 1.165) is 0 Å². The molecule has 0 aliphatic heterocycles. The Morgan fingerprint density at radius 3 is 2.17 bits per heavy atom. The van der Waals surface area contributed by atoms with Gasteiger partial charge in [0.2, 0.25) is 0 Å². The Bertz CT molecular complexity index is 255. The van der Waals surface area contributed by atoms with Crippen LogP contribution in [-0.4, -0.2) is 4.83 Å². The van der Waals surface area contributed by atoms with Gasteiger partial charge < -0.3 is 0 Å². The summed E-state index contributed by atoms with van der Waals surface area (Å²) in [4.78, 5) is 2.56. The third-order valence-electron chi connectivity index (χ3n) is 2.52. The van der Waals surface area contributed by atoms with Gasteiger partial charge in [-0.25, -0.2) is 0 Å². The van der Waals surface area contributed by atoms with Gasteiger partial charge in [0.25, 0.3) is 0 Å². The van der Waals surface area contributed by atoms with Crippen molar-refractivity contribution in [2.24, 2.45) is 5.41 Å². The molecule has 0 amide bonds. The molecular formula is C10H14Br2. The van der Waals surface area contributed by atoms with Crippen molar-refractivity contribution < 1.29 is 0 Å². The summed E-state index contributed by atoms with van der Waals surface area (Å²) >= 11 is 7.13. The molecule has 1 aliphatic rings. The highest BCUT2D eigenvalue weighted by Crippen LogP contribution is 2.55. The predicted octanol–water partition coefficient (Wildman–Crippen LogP) is 4.40. The van der Waals surface area contributed by atoms with Gasteiger partial charge in [-0.3, -0.25) is 0 Å². The first-order chi connectivity index (χ1) is 5.42. The summed E-state index contributed by atoms with van der Waals surface area (Å²) in [6.07, 6.45) is 0. The Kier molecular flexibility index (Phi) is 2.89. The molecule has 0 saturated heterocycles. The van der Waals surface area contributed by atoms with Crippen LogP contribution in [0.5, 0.6) is 0 Å². The van der Waals surface area contributed by atoms with E-state index in [1.165, 1.54) is 16.7 Å². The molecule has 1 fully saturated rings. The molecule has 1 unspecified atom stereocenters. The number of hydrogen-bond acceptors (Lipinski definition) is 0. The molecule has 2 heteroatoms. The lowest BCUT2D eigenvalue weighted by Crippen LogP contribution is -2.41. The molecule has 0 N–H and O–H groups in total. The van der Waals surface area contributed by atoms with Gasteiger partial charge in [-0.15, -0.1) is 0 Å². The van der Waals surface area contributed by atoms with Crippen LogP contribution in [0.1, 0.15) is 27.7 Å². The molecule has 0 aromatic rings. The fourth-order valence-electron chi connectivity index (χ4n) is 1.63. The van der Waals surface area contributed by atoms with Crippen LogP contribution < -0.4 is 0 Å². The third kappa shape index (κ3) is 1.33. The molecular weight excluding hydrogens is 280 g/mol. The monoisotopic (exact) mass is 292 g/mol. The SMILES string of the molecule is CC(C)=C1/C(=C\Br)C(C)(C)C1Br. The van der Waals surface area contributed by atoms with Gasteiger partial charge >= 0.3 is 0 Å². The van der Waals surface area contributed by atoms with E-state index < -0.39 is 0 Å². The summed E-state index contributed by atoms with van der Waals surface area (Å²) < 4.78 is 0. The first-order valence-corrected chi connectivity index (χ1v) is 5.88. The van der Waals surface area contributed by atoms with Crippen LogP contribution in [0.25, 0.3) is 0 Å². The third-order valence-corrected chi connectivity index (χ3v) is 4.58. The second-order valence-corrected chi connectivity index (χ2v) is 5.39. The summed E-state index contributed by atoms with van der Waals surface area (Å²) in [5.74, 6) is 0. The zero-order chi connectivity index (χ0) is 9.52. The molecule has 0 nitrogen and oxygen atoms in total. The zero-order valence-corrected chi connectivity index (χ0v) is 11.1. The van der Waals surface area contributed by atoms with E-state index in [-0.39, 0.29) is 5.41 Å². The van der Waals surface area contributed by atoms with Crippen LogP contribution >= 0.6 is 31.9 Å². The van der Waals surface area contributed by atoms with Crippen LogP contribution in [-0.2, 0) is 0 Å². The average molecular weight is 294 g/mol. The van der Waals surface area contributed by atoms with Crippen LogP contribution in [0.2, 0.25) is 0 Å². The maximum absolute atomic E-state index is 3.71. The largest absolute Gasteiger partial charge is 0.0829 e. The smallest absolute Gasteiger partial charge is 0.0489 e. The lowest BCUT2D eigenvalue weighted by atomic mass is 9.63. The average Bonchev–Trinajstić information content (AvgIpc) is 1.97. The molecule has 68 valence electrons. The van der Waals surface area contributed by atoms with Gasteiger partial charge in [0.15, 0.2) is 0 Å². The van der Waals surface area contributed by atoms with E-state index in [1.54, 1.807) is 0 Å². The fourth-order valence-corrected chi connectivity index (χ4v) is 3.41. The second kappa shape index (κ2) is 3.30. The van der Waals surface area contributed by atoms with Gasteiger partial charge in [-0.2, -0.15) is 0 Å². The van der Waals surface area contributed by atoms with Gasteiger partial charge in [0.05, 0.1) is 0 Å². The molecule has 1 saturated carbocycles. The Morgan fingerprint density at radius 1 is 1.42 bits per heavy atom. The van der Waals surface area contributed by atoms with Crippen molar-refractivity contribution >= 4 is 31.9 Å². The van der Waals surface area contributed by atoms with Crippen molar-refractivity contribution in [2.45, 2.75) is 32.5 Å². The number of hydrogen-bond donors (Lipinski definition) is 0. The normalized spacial score (nSPS) is 30.3. The van der Waals surface area contributed by atoms with E-state index in [1.807, 2.05) is 4.99 Å². The van der Waals surface area contributed by atoms with Gasteiger partial charge in [-0.1, -0.05) is 51.3 Å². The predicted molar refractivity (Wildman–Crippen MR) is 61.9 cm³/mol. The maximum Gasteiger partial charge on any atom is 0.0489 e. The van der Waals surface area contributed by atoms with E-state index in [2.05, 4.69) is 59.6 Å². The van der Waals surface area contributed by atoms with Crippen LogP contribution in [0.4, 0.5) is 0 Å². The van der Waals surface area contributed by atoms with Crippen LogP contribution in [0, 0.1) is 5.41 Å². The highest BCUT2D eigenvalue weighted by Gasteiger charge is 2.46. The Balaban J connectivity index is 3.09. The Morgan fingerprint density at radius 2 is 1.92 bits per heavy atom. The number of allylic oxidation sites excluding steroid dienone is 3. The van der Waals surface area contributed by atoms with E-state index in [4.69, 9.17) is 0 Å². The molecule has 12 heavy (non-hydrogen) atoms. The number of rotatable bonds is 0. The summed E-state index contributed by atoms with van der Waals surface area (Å²) in [5, 5.41) is 0. The molecule has 0 spiro atoms. The van der Waals surface area contributed by atoms with Crippen molar-refractivity contribution in [3.05, 3.63) is 21.7 Å². The molecule has 1 rings (SSSR count). The lowest BCUT2D eigenvalue weighted by molar-refractivity contribution is 0.398. The minimum absolute atomic E-state index is 0.274. The zero-order valence-electron chi connectivity index (χ0n) is 7.91. The molecule has 0 radical (unpaired) electrons. The molecule has 0 bridgehead atoms. The lowest BCUT2D eigenvalue weighted by Gasteiger charge is -2.47. The van der Waals surface area contributed by atoms with Gasteiger partial charge in [0, 0.05) is 10.2 Å². The summed E-state index contributed by atoms with van der Waals surface area (Å²) in [6, 6.07) is 0. The van der Waals surface area contributed by atoms with Crippen LogP contribution in [0.3, 0.4) is 0 Å². The summed E-state index contributed by atoms with van der Waals surface area (Å²) in [5.41, 5.74) is 4.55. The molecule has 0 heterocycles. The van der Waals surface area contributed by atoms with Crippen molar-refractivity contribution in [3.63, 3.8) is 0 Å². The minimum Gasteiger partial charge on any atom is -0.0829 e. The maximum atomic E-state index is 3.71. The highest BCUT2D eigenvalue weighted by molar-refractivity contribution is 9.11. The standard InChI is InChI=1S/C10H14Br2/c1-6(2)8-7(5-11)10(3,4)9(8)12/h5,9H,1-4H3/b7-5+. The summed E-state index contributed by atoms with van der Waals surface area (Å²) in [6.45, 7) is 8.84. The van der Waals surface area contributed by atoms with Gasteiger partial charge in [0.1, 0.15) is 0 Å². The van der Waals surface area contributed by atoms with Gasteiger partial charge in [-0.05, 0) is 30.0 Å². The Labute approximate surface area is 91.4 Å². The molecule has 0 aromatic heterocycles.